The number of nitrogens with one attached hydrogen (secondary N) is 1. The molecule has 0 radical (unpaired) electrons. The fourth-order valence-electron chi connectivity index (χ4n) is 3.19. The Kier molecular flexibility index (Phi) is 6.50. The van der Waals surface area contributed by atoms with Crippen molar-refractivity contribution in [2.24, 2.45) is 0 Å². The maximum absolute atomic E-state index is 13.3. The van der Waals surface area contributed by atoms with Gasteiger partial charge >= 0.3 is 0 Å². The van der Waals surface area contributed by atoms with Crippen molar-refractivity contribution in [3.05, 3.63) is 88.5 Å². The quantitative estimate of drug-likeness (QED) is 0.241. The molecule has 0 aliphatic rings. The number of carbonyl (C=O) groups is 1. The normalized spacial score (nSPS) is 10.6. The summed E-state index contributed by atoms with van der Waals surface area (Å²) in [7, 11) is 0. The number of hydrogen-bond donors (Lipinski definition) is 1. The molecule has 8 heteroatoms. The first-order valence-corrected chi connectivity index (χ1v) is 11.6. The minimum Gasteiger partial charge on any atom is -0.325 e. The summed E-state index contributed by atoms with van der Waals surface area (Å²) in [4.78, 5) is 31.1. The zero-order valence-corrected chi connectivity index (χ0v) is 18.6. The number of hydrogen-bond acceptors (Lipinski definition) is 6. The summed E-state index contributed by atoms with van der Waals surface area (Å²) in [5.41, 5.74) is 2.80. The highest BCUT2D eigenvalue weighted by molar-refractivity contribution is 7.99. The van der Waals surface area contributed by atoms with Crippen LogP contribution >= 0.6 is 23.1 Å². The molecule has 32 heavy (non-hydrogen) atoms. The number of fused-ring (bicyclic) bond motifs is 1. The van der Waals surface area contributed by atoms with Crippen molar-refractivity contribution in [2.45, 2.75) is 11.7 Å². The monoisotopic (exact) mass is 458 g/mol. The molecule has 0 fully saturated rings. The Hall–Kier alpha value is -3.67. The van der Waals surface area contributed by atoms with Crippen LogP contribution in [0.25, 0.3) is 21.3 Å². The number of allylic oxidation sites excluding steroid dienone is 1. The Morgan fingerprint density at radius 3 is 2.66 bits per heavy atom. The molecule has 2 aromatic carbocycles. The fourth-order valence-corrected chi connectivity index (χ4v) is 4.99. The minimum atomic E-state index is -0.227. The number of thioether (sulfide) groups is 1. The lowest BCUT2D eigenvalue weighted by atomic mass is 10.1. The first kappa shape index (κ1) is 21.6. The summed E-state index contributed by atoms with van der Waals surface area (Å²) in [5, 5.41) is 14.7. The van der Waals surface area contributed by atoms with Gasteiger partial charge in [-0.25, -0.2) is 4.98 Å². The number of aromatic nitrogens is 2. The summed E-state index contributed by atoms with van der Waals surface area (Å²) in [6.07, 6.45) is 1.64. The summed E-state index contributed by atoms with van der Waals surface area (Å²) >= 11 is 2.62. The fraction of sp³-hybridized carbons (Fsp3) is 0.0833. The Morgan fingerprint density at radius 1 is 1.22 bits per heavy atom. The smallest absolute Gasteiger partial charge is 0.263 e. The van der Waals surface area contributed by atoms with E-state index in [1.54, 1.807) is 34.9 Å². The van der Waals surface area contributed by atoms with Crippen LogP contribution in [-0.4, -0.2) is 21.2 Å². The number of benzene rings is 2. The molecule has 1 N–H and O–H groups in total. The first-order valence-electron chi connectivity index (χ1n) is 9.72. The van der Waals surface area contributed by atoms with Crippen LogP contribution in [0.4, 0.5) is 5.69 Å². The van der Waals surface area contributed by atoms with Crippen molar-refractivity contribution in [2.75, 3.05) is 11.1 Å². The van der Waals surface area contributed by atoms with Crippen LogP contribution in [0.1, 0.15) is 5.56 Å². The van der Waals surface area contributed by atoms with E-state index in [0.717, 1.165) is 11.1 Å². The summed E-state index contributed by atoms with van der Waals surface area (Å²) in [5.74, 6) is -0.137. The molecule has 2 aromatic heterocycles. The van der Waals surface area contributed by atoms with Gasteiger partial charge in [0.05, 0.1) is 22.8 Å². The molecular formula is C24H18N4O2S2. The minimum absolute atomic E-state index is 0.0893. The van der Waals surface area contributed by atoms with Gasteiger partial charge in [0.15, 0.2) is 5.16 Å². The van der Waals surface area contributed by atoms with E-state index in [4.69, 9.17) is 5.26 Å². The lowest BCUT2D eigenvalue weighted by molar-refractivity contribution is -0.113. The van der Waals surface area contributed by atoms with E-state index < -0.39 is 0 Å². The van der Waals surface area contributed by atoms with Gasteiger partial charge in [0.25, 0.3) is 5.56 Å². The van der Waals surface area contributed by atoms with Gasteiger partial charge in [0.2, 0.25) is 5.91 Å². The average molecular weight is 459 g/mol. The molecule has 4 aromatic rings. The maximum Gasteiger partial charge on any atom is 0.263 e. The number of anilines is 1. The van der Waals surface area contributed by atoms with Gasteiger partial charge in [0.1, 0.15) is 4.83 Å². The van der Waals surface area contributed by atoms with E-state index in [1.807, 2.05) is 41.8 Å². The molecule has 0 saturated carbocycles. The molecule has 158 valence electrons. The molecule has 0 atom stereocenters. The number of amides is 1. The van der Waals surface area contributed by atoms with Gasteiger partial charge in [0, 0.05) is 23.2 Å². The standard InChI is InChI=1S/C24H18N4O2S2/c1-2-12-28-23(30)21-19(17-6-4-3-5-7-17)14-31-22(21)27-24(28)32-15-20(29)26-18-10-8-16(13-25)9-11-18/h2-11,14H,1,12,15H2,(H,26,29). The number of carbonyl (C=O) groups excluding carboxylic acids is 1. The van der Waals surface area contributed by atoms with E-state index in [1.165, 1.54) is 23.1 Å². The first-order chi connectivity index (χ1) is 15.6. The van der Waals surface area contributed by atoms with Crippen LogP contribution < -0.4 is 10.9 Å². The van der Waals surface area contributed by atoms with Crippen molar-refractivity contribution in [3.8, 4) is 17.2 Å². The molecule has 0 aliphatic heterocycles. The molecule has 1 amide bonds. The van der Waals surface area contributed by atoms with Crippen LogP contribution in [0.3, 0.4) is 0 Å². The van der Waals surface area contributed by atoms with Crippen LogP contribution in [-0.2, 0) is 11.3 Å². The predicted molar refractivity (Wildman–Crippen MR) is 130 cm³/mol. The van der Waals surface area contributed by atoms with Crippen molar-refractivity contribution in [1.29, 1.82) is 5.26 Å². The third kappa shape index (κ3) is 4.49. The maximum atomic E-state index is 13.3. The Labute approximate surface area is 192 Å². The van der Waals surface area contributed by atoms with Gasteiger partial charge in [-0.3, -0.25) is 14.2 Å². The van der Waals surface area contributed by atoms with Gasteiger partial charge in [-0.1, -0.05) is 48.2 Å². The molecule has 0 saturated heterocycles. The van der Waals surface area contributed by atoms with Crippen LogP contribution in [0.15, 0.2) is 82.6 Å². The summed E-state index contributed by atoms with van der Waals surface area (Å²) in [6, 6.07) is 18.4. The van der Waals surface area contributed by atoms with Crippen LogP contribution in [0.5, 0.6) is 0 Å². The third-order valence-electron chi connectivity index (χ3n) is 4.69. The number of nitrogens with zero attached hydrogens (tertiary/aromatic N) is 3. The highest BCUT2D eigenvalue weighted by atomic mass is 32.2. The Bertz CT molecular complexity index is 1380. The van der Waals surface area contributed by atoms with Crippen molar-refractivity contribution < 1.29 is 4.79 Å². The molecule has 6 nitrogen and oxygen atoms in total. The summed E-state index contributed by atoms with van der Waals surface area (Å²) < 4.78 is 1.55. The second kappa shape index (κ2) is 9.64. The molecular weight excluding hydrogens is 440 g/mol. The Morgan fingerprint density at radius 2 is 1.97 bits per heavy atom. The Balaban J connectivity index is 1.60. The topological polar surface area (TPSA) is 87.8 Å². The van der Waals surface area contributed by atoms with E-state index in [2.05, 4.69) is 16.9 Å². The van der Waals surface area contributed by atoms with E-state index >= 15 is 0 Å². The van der Waals surface area contributed by atoms with Crippen molar-refractivity contribution >= 4 is 44.9 Å². The molecule has 0 spiro atoms. The zero-order chi connectivity index (χ0) is 22.5. The van der Waals surface area contributed by atoms with Crippen molar-refractivity contribution in [3.63, 3.8) is 0 Å². The largest absolute Gasteiger partial charge is 0.325 e. The average Bonchev–Trinajstić information content (AvgIpc) is 3.25. The number of thiophene rings is 1. The predicted octanol–water partition coefficient (Wildman–Crippen LogP) is 4.91. The highest BCUT2D eigenvalue weighted by Crippen LogP contribution is 2.32. The second-order valence-electron chi connectivity index (χ2n) is 6.82. The third-order valence-corrected chi connectivity index (χ3v) is 6.53. The van der Waals surface area contributed by atoms with E-state index in [9.17, 15) is 9.59 Å². The lowest BCUT2D eigenvalue weighted by Gasteiger charge is -2.11. The SMILES string of the molecule is C=CCn1c(SCC(=O)Nc2ccc(C#N)cc2)nc2scc(-c3ccccc3)c2c1=O. The van der Waals surface area contributed by atoms with Crippen LogP contribution in [0.2, 0.25) is 0 Å². The highest BCUT2D eigenvalue weighted by Gasteiger charge is 2.17. The lowest BCUT2D eigenvalue weighted by Crippen LogP contribution is -2.23. The molecule has 0 bridgehead atoms. The van der Waals surface area contributed by atoms with E-state index in [-0.39, 0.29) is 17.2 Å². The van der Waals surface area contributed by atoms with Crippen molar-refractivity contribution in [1.82, 2.24) is 9.55 Å². The molecule has 4 rings (SSSR count). The molecule has 0 aliphatic carbocycles. The number of nitriles is 1. The van der Waals surface area contributed by atoms with E-state index in [0.29, 0.717) is 33.2 Å². The zero-order valence-electron chi connectivity index (χ0n) is 16.9. The number of rotatable bonds is 7. The summed E-state index contributed by atoms with van der Waals surface area (Å²) in [6.45, 7) is 4.05. The van der Waals surface area contributed by atoms with Crippen LogP contribution in [0, 0.1) is 11.3 Å². The van der Waals surface area contributed by atoms with Gasteiger partial charge < -0.3 is 5.32 Å². The second-order valence-corrected chi connectivity index (χ2v) is 8.62. The molecule has 2 heterocycles. The molecule has 0 unspecified atom stereocenters. The van der Waals surface area contributed by atoms with Gasteiger partial charge in [-0.2, -0.15) is 5.26 Å². The van der Waals surface area contributed by atoms with Gasteiger partial charge in [-0.05, 0) is 29.8 Å². The van der Waals surface area contributed by atoms with Gasteiger partial charge in [-0.15, -0.1) is 17.9 Å².